The molecule has 6 aromatic rings. The minimum atomic E-state index is -1.33. The summed E-state index contributed by atoms with van der Waals surface area (Å²) in [4.78, 5) is 22.5. The van der Waals surface area contributed by atoms with E-state index in [1.54, 1.807) is 12.5 Å². The first-order valence-electron chi connectivity index (χ1n) is 15.0. The zero-order valence-electron chi connectivity index (χ0n) is 24.4. The quantitative estimate of drug-likeness (QED) is 0.187. The van der Waals surface area contributed by atoms with E-state index >= 15 is 0 Å². The SMILES string of the molecule is c1ccc(C2=NC(c3ccccc3)(C3(c4ccoc4)N=C(c4ccccc4)C(c4ccccc4)=N3)N=C2c2ccccc2)cc1. The summed E-state index contributed by atoms with van der Waals surface area (Å²) in [7, 11) is 0. The molecular weight excluding hydrogens is 552 g/mol. The fraction of sp³-hybridized carbons (Fsp3) is 0.0500. The number of benzene rings is 5. The third kappa shape index (κ3) is 4.40. The van der Waals surface area contributed by atoms with E-state index in [0.29, 0.717) is 0 Å². The summed E-state index contributed by atoms with van der Waals surface area (Å²) < 4.78 is 5.76. The maximum atomic E-state index is 5.76. The second-order valence-corrected chi connectivity index (χ2v) is 11.0. The zero-order chi connectivity index (χ0) is 30.1. The van der Waals surface area contributed by atoms with Gasteiger partial charge in [-0.15, -0.1) is 0 Å². The molecule has 2 aliphatic rings. The summed E-state index contributed by atoms with van der Waals surface area (Å²) in [5, 5.41) is 0. The largest absolute Gasteiger partial charge is 0.472 e. The van der Waals surface area contributed by atoms with Gasteiger partial charge in [0.25, 0.3) is 0 Å². The molecule has 0 radical (unpaired) electrons. The van der Waals surface area contributed by atoms with Gasteiger partial charge in [0.15, 0.2) is 0 Å². The van der Waals surface area contributed by atoms with E-state index in [9.17, 15) is 0 Å². The Hall–Kier alpha value is -5.94. The highest BCUT2D eigenvalue weighted by Crippen LogP contribution is 2.54. The Morgan fingerprint density at radius 3 is 0.956 bits per heavy atom. The molecule has 0 aliphatic carbocycles. The smallest absolute Gasteiger partial charge is 0.229 e. The molecule has 0 bridgehead atoms. The Balaban J connectivity index is 1.51. The molecule has 5 nitrogen and oxygen atoms in total. The van der Waals surface area contributed by atoms with Crippen LogP contribution in [0.1, 0.15) is 33.4 Å². The van der Waals surface area contributed by atoms with Crippen LogP contribution in [-0.2, 0) is 11.3 Å². The predicted octanol–water partition coefficient (Wildman–Crippen LogP) is 8.27. The zero-order valence-corrected chi connectivity index (χ0v) is 24.4. The molecule has 0 N–H and O–H groups in total. The van der Waals surface area contributed by atoms with Crippen LogP contribution in [-0.4, -0.2) is 22.8 Å². The maximum Gasteiger partial charge on any atom is 0.229 e. The van der Waals surface area contributed by atoms with E-state index in [0.717, 1.165) is 56.2 Å². The van der Waals surface area contributed by atoms with Crippen molar-refractivity contribution in [1.82, 2.24) is 0 Å². The average Bonchev–Trinajstić information content (AvgIpc) is 3.90. The van der Waals surface area contributed by atoms with Gasteiger partial charge in [0, 0.05) is 33.4 Å². The topological polar surface area (TPSA) is 62.6 Å². The van der Waals surface area contributed by atoms with Crippen LogP contribution in [0.15, 0.2) is 195 Å². The van der Waals surface area contributed by atoms with Gasteiger partial charge in [-0.25, -0.2) is 20.0 Å². The highest BCUT2D eigenvalue weighted by Gasteiger charge is 2.60. The summed E-state index contributed by atoms with van der Waals surface area (Å²) >= 11 is 0. The van der Waals surface area contributed by atoms with Crippen LogP contribution in [0.25, 0.3) is 0 Å². The standard InChI is InChI=1S/C40H28N4O/c1-6-16-29(17-7-1)35-36(30-18-8-2-9-19-30)42-39(41-35,33-24-14-5-15-25-33)40(34-26-27-45-28-34)43-37(31-20-10-3-11-21-31)38(44-40)32-22-12-4-13-23-32/h1-28H. The van der Waals surface area contributed by atoms with Gasteiger partial charge in [-0.05, 0) is 6.07 Å². The van der Waals surface area contributed by atoms with E-state index in [2.05, 4.69) is 60.7 Å². The third-order valence-corrected chi connectivity index (χ3v) is 8.32. The second-order valence-electron chi connectivity index (χ2n) is 11.0. The van der Waals surface area contributed by atoms with Crippen molar-refractivity contribution in [3.63, 3.8) is 0 Å². The molecule has 0 amide bonds. The summed E-state index contributed by atoms with van der Waals surface area (Å²) in [6.07, 6.45) is 3.39. The summed E-state index contributed by atoms with van der Waals surface area (Å²) in [6.45, 7) is 0. The van der Waals surface area contributed by atoms with Gasteiger partial charge >= 0.3 is 0 Å². The number of aliphatic imine (C=N–C) groups is 4. The van der Waals surface area contributed by atoms with Gasteiger partial charge in [-0.3, -0.25) is 0 Å². The van der Waals surface area contributed by atoms with Gasteiger partial charge in [-0.1, -0.05) is 152 Å². The fourth-order valence-electron chi connectivity index (χ4n) is 6.20. The molecule has 8 rings (SSSR count). The number of hydrogen-bond acceptors (Lipinski definition) is 5. The van der Waals surface area contributed by atoms with Crippen LogP contribution in [0, 0.1) is 0 Å². The summed E-state index contributed by atoms with van der Waals surface area (Å²) in [6, 6.07) is 53.0. The van der Waals surface area contributed by atoms with Crippen molar-refractivity contribution in [3.8, 4) is 0 Å². The molecule has 214 valence electrons. The third-order valence-electron chi connectivity index (χ3n) is 8.32. The van der Waals surface area contributed by atoms with Crippen LogP contribution < -0.4 is 0 Å². The Kier molecular flexibility index (Phi) is 6.50. The molecule has 5 heteroatoms. The van der Waals surface area contributed by atoms with Crippen molar-refractivity contribution < 1.29 is 4.42 Å². The van der Waals surface area contributed by atoms with Crippen LogP contribution in [0.2, 0.25) is 0 Å². The molecule has 3 heterocycles. The monoisotopic (exact) mass is 580 g/mol. The Labute approximate surface area is 261 Å². The van der Waals surface area contributed by atoms with Crippen molar-refractivity contribution in [1.29, 1.82) is 0 Å². The highest BCUT2D eigenvalue weighted by atomic mass is 16.3. The number of nitrogens with zero attached hydrogens (tertiary/aromatic N) is 4. The lowest BCUT2D eigenvalue weighted by Crippen LogP contribution is -2.42. The molecule has 0 fully saturated rings. The van der Waals surface area contributed by atoms with Crippen LogP contribution in [0.4, 0.5) is 0 Å². The first-order valence-corrected chi connectivity index (χ1v) is 15.0. The second kappa shape index (κ2) is 11.0. The molecule has 2 aliphatic heterocycles. The van der Waals surface area contributed by atoms with E-state index in [1.165, 1.54) is 0 Å². The van der Waals surface area contributed by atoms with Gasteiger partial charge < -0.3 is 4.42 Å². The average molecular weight is 581 g/mol. The van der Waals surface area contributed by atoms with E-state index < -0.39 is 11.3 Å². The fourth-order valence-corrected chi connectivity index (χ4v) is 6.20. The molecule has 0 saturated carbocycles. The van der Waals surface area contributed by atoms with Gasteiger partial charge in [0.1, 0.15) is 0 Å². The molecular formula is C40H28N4O. The van der Waals surface area contributed by atoms with Crippen LogP contribution >= 0.6 is 0 Å². The van der Waals surface area contributed by atoms with Crippen molar-refractivity contribution in [2.24, 2.45) is 20.0 Å². The van der Waals surface area contributed by atoms with Crippen molar-refractivity contribution in [2.75, 3.05) is 0 Å². The van der Waals surface area contributed by atoms with Crippen molar-refractivity contribution in [2.45, 2.75) is 11.3 Å². The lowest BCUT2D eigenvalue weighted by atomic mass is 9.83. The first kappa shape index (κ1) is 26.7. The molecule has 0 spiro atoms. The normalized spacial score (nSPS) is 16.4. The molecule has 0 unspecified atom stereocenters. The first-order chi connectivity index (χ1) is 22.3. The lowest BCUT2D eigenvalue weighted by Gasteiger charge is -2.37. The van der Waals surface area contributed by atoms with E-state index in [4.69, 9.17) is 24.4 Å². The van der Waals surface area contributed by atoms with Crippen molar-refractivity contribution >= 4 is 22.8 Å². The Morgan fingerprint density at radius 2 is 0.644 bits per heavy atom. The molecule has 1 aromatic heterocycles. The minimum Gasteiger partial charge on any atom is -0.472 e. The molecule has 0 saturated heterocycles. The summed E-state index contributed by atoms with van der Waals surface area (Å²) in [5.74, 6) is 0. The summed E-state index contributed by atoms with van der Waals surface area (Å²) in [5.41, 5.74) is 6.00. The molecule has 45 heavy (non-hydrogen) atoms. The lowest BCUT2D eigenvalue weighted by molar-refractivity contribution is 0.255. The van der Waals surface area contributed by atoms with Crippen LogP contribution in [0.3, 0.4) is 0 Å². The number of hydrogen-bond donors (Lipinski definition) is 0. The number of rotatable bonds is 7. The highest BCUT2D eigenvalue weighted by molar-refractivity contribution is 6.55. The minimum absolute atomic E-state index is 0.764. The van der Waals surface area contributed by atoms with Gasteiger partial charge in [-0.2, -0.15) is 0 Å². The van der Waals surface area contributed by atoms with E-state index in [-0.39, 0.29) is 0 Å². The Bertz CT molecular complexity index is 1950. The molecule has 0 atom stereocenters. The van der Waals surface area contributed by atoms with Gasteiger partial charge in [0.2, 0.25) is 11.3 Å². The number of furan rings is 1. The van der Waals surface area contributed by atoms with Crippen molar-refractivity contribution in [3.05, 3.63) is 204 Å². The molecule has 5 aromatic carbocycles. The Morgan fingerprint density at radius 1 is 0.333 bits per heavy atom. The maximum absolute atomic E-state index is 5.76. The van der Waals surface area contributed by atoms with Gasteiger partial charge in [0.05, 0.1) is 35.4 Å². The predicted molar refractivity (Wildman–Crippen MR) is 180 cm³/mol. The van der Waals surface area contributed by atoms with Crippen LogP contribution in [0.5, 0.6) is 0 Å². The van der Waals surface area contributed by atoms with E-state index in [1.807, 2.05) is 97.1 Å².